The minimum Gasteiger partial charge on any atom is -0.468 e. The Bertz CT molecular complexity index is 1950. The molecule has 0 amide bonds. The molecule has 16 nitrogen and oxygen atoms in total. The van der Waals surface area contributed by atoms with E-state index in [-0.39, 0.29) is 49.9 Å². The number of hydrogen-bond acceptors (Lipinski definition) is 14. The zero-order valence-corrected chi connectivity index (χ0v) is 29.5. The smallest absolute Gasteiger partial charge is 0.338 e. The number of carbonyl (C=O) groups excluding carboxylic acids is 4. The molecule has 2 unspecified atom stereocenters. The van der Waals surface area contributed by atoms with Crippen LogP contribution >= 0.6 is 12.4 Å². The Morgan fingerprint density at radius 2 is 1.04 bits per heavy atom. The molecule has 3 N–H and O–H groups in total. The van der Waals surface area contributed by atoms with E-state index < -0.39 is 68.8 Å². The van der Waals surface area contributed by atoms with Crippen molar-refractivity contribution in [3.63, 3.8) is 0 Å². The molecule has 4 aromatic rings. The van der Waals surface area contributed by atoms with Crippen molar-refractivity contribution in [2.45, 2.75) is 26.9 Å². The highest BCUT2D eigenvalue weighted by atomic mass is 35.5. The molecule has 0 fully saturated rings. The average molecular weight is 813 g/mol. The van der Waals surface area contributed by atoms with E-state index in [4.69, 9.17) is 10.5 Å². The molecule has 304 valence electrons. The van der Waals surface area contributed by atoms with Gasteiger partial charge in [-0.3, -0.25) is 25.0 Å². The van der Waals surface area contributed by atoms with Gasteiger partial charge in [-0.2, -0.15) is 4.39 Å². The van der Waals surface area contributed by atoms with E-state index in [1.54, 1.807) is 0 Å². The van der Waals surface area contributed by atoms with Crippen LogP contribution in [0.3, 0.4) is 0 Å². The van der Waals surface area contributed by atoms with Crippen molar-refractivity contribution < 1.29 is 61.1 Å². The lowest BCUT2D eigenvalue weighted by molar-refractivity contribution is -0.387. The van der Waals surface area contributed by atoms with Crippen LogP contribution in [0.5, 0.6) is 0 Å². The van der Waals surface area contributed by atoms with Crippen molar-refractivity contribution in [2.24, 2.45) is 5.73 Å². The normalized spacial score (nSPS) is 10.5. The summed E-state index contributed by atoms with van der Waals surface area (Å²) >= 11 is 0. The molecule has 20 heteroatoms. The molecule has 0 saturated heterocycles. The quantitative estimate of drug-likeness (QED) is 0.0707. The molecule has 0 bridgehead atoms. The Kier molecular flexibility index (Phi) is 22.7. The van der Waals surface area contributed by atoms with Crippen LogP contribution in [-0.2, 0) is 28.5 Å². The van der Waals surface area contributed by atoms with Crippen LogP contribution in [0.4, 0.5) is 30.2 Å². The minimum absolute atomic E-state index is 0. The summed E-state index contributed by atoms with van der Waals surface area (Å²) in [6.45, 7) is 0. The van der Waals surface area contributed by atoms with Crippen LogP contribution in [0.25, 0.3) is 0 Å². The molecule has 0 aromatic heterocycles. The number of ether oxygens (including phenoxy) is 4. The van der Waals surface area contributed by atoms with Crippen LogP contribution in [0.1, 0.15) is 58.8 Å². The van der Waals surface area contributed by atoms with Crippen LogP contribution in [0.15, 0.2) is 84.9 Å². The predicted molar refractivity (Wildman–Crippen MR) is 200 cm³/mol. The molecule has 4 rings (SSSR count). The van der Waals surface area contributed by atoms with Gasteiger partial charge < -0.3 is 30.0 Å². The third-order valence-corrected chi connectivity index (χ3v) is 6.80. The van der Waals surface area contributed by atoms with Gasteiger partial charge in [-0.1, -0.05) is 39.1 Å². The van der Waals surface area contributed by atoms with Gasteiger partial charge in [-0.15, -0.1) is 12.4 Å². The van der Waals surface area contributed by atoms with Crippen LogP contribution < -0.4 is 11.1 Å². The summed E-state index contributed by atoms with van der Waals surface area (Å²) in [6, 6.07) is 14.9. The summed E-state index contributed by atoms with van der Waals surface area (Å²) in [4.78, 5) is 65.6. The predicted octanol–water partition coefficient (Wildman–Crippen LogP) is 7.06. The van der Waals surface area contributed by atoms with Gasteiger partial charge in [0.1, 0.15) is 23.4 Å². The molecular weight excluding hydrogens is 773 g/mol. The number of nitrogens with zero attached hydrogens (tertiary/aromatic N) is 2. The maximum atomic E-state index is 13.1. The number of carbonyl (C=O) groups is 4. The molecule has 2 atom stereocenters. The Morgan fingerprint density at radius 3 is 1.45 bits per heavy atom. The minimum atomic E-state index is -1.11. The van der Waals surface area contributed by atoms with E-state index in [0.29, 0.717) is 11.1 Å². The number of nitro benzene ring substituents is 2. The summed E-state index contributed by atoms with van der Waals surface area (Å²) in [5.74, 6) is -4.57. The lowest BCUT2D eigenvalue weighted by Crippen LogP contribution is -2.23. The molecule has 0 aliphatic heterocycles. The molecule has 0 aliphatic rings. The first-order valence-corrected chi connectivity index (χ1v) is 14.7. The second kappa shape index (κ2) is 24.7. The van der Waals surface area contributed by atoms with Crippen LogP contribution in [0, 0.1) is 37.7 Å². The Balaban J connectivity index is 0. The summed E-state index contributed by atoms with van der Waals surface area (Å²) in [6.07, 6.45) is 0. The fourth-order valence-electron chi connectivity index (χ4n) is 4.09. The van der Waals surface area contributed by atoms with E-state index in [0.717, 1.165) is 57.7 Å². The van der Waals surface area contributed by atoms with Gasteiger partial charge in [0.15, 0.2) is 6.04 Å². The topological polar surface area (TPSA) is 230 Å². The Morgan fingerprint density at radius 1 is 0.625 bits per heavy atom. The standard InChI is InChI=1S/C17H15FN2O6.C9H10FNO2.C8H6FNO4.2CH4.ClH/c1-25-16(21)11-5-8-13(14(9-11)20(23)24)19-15(17(22)26-2)10-3-6-12(18)7-4-10;1-13-9(12)8(11)6-2-4-7(10)5-3-6;1-14-8(11)5-2-3-6(9)7(4-5)10(12)13;;;/h3-9,15,19H,1-2H3;2-5,8H,11H2,1H3;2-4H,1H3;2*1H4;1H. The number of methoxy groups -OCH3 is 4. The number of esters is 4. The number of nitro groups is 2. The maximum Gasteiger partial charge on any atom is 0.338 e. The lowest BCUT2D eigenvalue weighted by atomic mass is 10.1. The van der Waals surface area contributed by atoms with E-state index >= 15 is 0 Å². The first-order valence-electron chi connectivity index (χ1n) is 14.7. The van der Waals surface area contributed by atoms with Crippen molar-refractivity contribution in [3.8, 4) is 0 Å². The number of nitrogens with two attached hydrogens (primary N) is 1. The van der Waals surface area contributed by atoms with E-state index in [2.05, 4.69) is 19.5 Å². The summed E-state index contributed by atoms with van der Waals surface area (Å²) in [5.41, 5.74) is 5.14. The molecule has 0 saturated carbocycles. The molecule has 0 aliphatic carbocycles. The second-order valence-corrected chi connectivity index (χ2v) is 10.1. The van der Waals surface area contributed by atoms with Crippen molar-refractivity contribution >= 4 is 53.3 Å². The Labute approximate surface area is 325 Å². The number of anilines is 1. The highest BCUT2D eigenvalue weighted by Crippen LogP contribution is 2.30. The molecular formula is C36H40ClF3N4O12. The van der Waals surface area contributed by atoms with Gasteiger partial charge in [0.05, 0.1) is 49.4 Å². The molecule has 0 radical (unpaired) electrons. The fourth-order valence-corrected chi connectivity index (χ4v) is 4.09. The SMILES string of the molecule is C.C.COC(=O)C(N)c1ccc(F)cc1.COC(=O)c1ccc(F)c([N+](=O)[O-])c1.COC(=O)c1ccc(NC(C(=O)OC)c2ccc(F)cc2)c([N+](=O)[O-])c1.Cl. The number of nitrogens with one attached hydrogen (secondary N) is 1. The summed E-state index contributed by atoms with van der Waals surface area (Å²) < 4.78 is 56.4. The third kappa shape index (κ3) is 14.7. The average Bonchev–Trinajstić information content (AvgIpc) is 3.16. The van der Waals surface area contributed by atoms with Gasteiger partial charge in [-0.05, 0) is 59.7 Å². The van der Waals surface area contributed by atoms with Crippen LogP contribution in [-0.4, -0.2) is 62.2 Å². The third-order valence-electron chi connectivity index (χ3n) is 6.80. The fraction of sp³-hybridized carbons (Fsp3) is 0.222. The second-order valence-electron chi connectivity index (χ2n) is 10.1. The van der Waals surface area contributed by atoms with Gasteiger partial charge in [-0.25, -0.2) is 23.2 Å². The largest absolute Gasteiger partial charge is 0.468 e. The Hall–Kier alpha value is -6.60. The number of benzene rings is 4. The van der Waals surface area contributed by atoms with Crippen molar-refractivity contribution in [1.29, 1.82) is 0 Å². The molecule has 0 spiro atoms. The van der Waals surface area contributed by atoms with Gasteiger partial charge in [0, 0.05) is 12.1 Å². The zero-order chi connectivity index (χ0) is 39.8. The first-order chi connectivity index (χ1) is 25.1. The van der Waals surface area contributed by atoms with E-state index in [9.17, 15) is 52.6 Å². The van der Waals surface area contributed by atoms with E-state index in [1.165, 1.54) is 55.6 Å². The molecule has 56 heavy (non-hydrogen) atoms. The van der Waals surface area contributed by atoms with Crippen LogP contribution in [0.2, 0.25) is 0 Å². The van der Waals surface area contributed by atoms with Crippen molar-refractivity contribution in [1.82, 2.24) is 0 Å². The van der Waals surface area contributed by atoms with Gasteiger partial charge >= 0.3 is 29.6 Å². The number of halogens is 4. The zero-order valence-electron chi connectivity index (χ0n) is 28.7. The summed E-state index contributed by atoms with van der Waals surface area (Å²) in [7, 11) is 4.71. The maximum absolute atomic E-state index is 13.1. The highest BCUT2D eigenvalue weighted by molar-refractivity contribution is 5.92. The van der Waals surface area contributed by atoms with Crippen molar-refractivity contribution in [2.75, 3.05) is 33.8 Å². The van der Waals surface area contributed by atoms with Gasteiger partial charge in [0.25, 0.3) is 5.69 Å². The summed E-state index contributed by atoms with van der Waals surface area (Å²) in [5, 5.41) is 24.3. The lowest BCUT2D eigenvalue weighted by Gasteiger charge is -2.18. The monoisotopic (exact) mass is 812 g/mol. The number of hydrogen-bond donors (Lipinski definition) is 2. The number of rotatable bonds is 10. The van der Waals surface area contributed by atoms with Crippen molar-refractivity contribution in [3.05, 3.63) is 145 Å². The highest BCUT2D eigenvalue weighted by Gasteiger charge is 2.26. The first kappa shape index (κ1) is 51.5. The molecule has 4 aromatic carbocycles. The molecule has 0 heterocycles. The van der Waals surface area contributed by atoms with Gasteiger partial charge in [0.2, 0.25) is 5.82 Å². The van der Waals surface area contributed by atoms with E-state index in [1.807, 2.05) is 0 Å².